The number of nitrogens with one attached hydrogen (secondary N) is 1. The molecule has 1 fully saturated rings. The molecule has 0 aliphatic carbocycles. The molecule has 0 aromatic carbocycles. The second kappa shape index (κ2) is 3.36. The van der Waals surface area contributed by atoms with Crippen molar-refractivity contribution in [1.29, 1.82) is 0 Å². The van der Waals surface area contributed by atoms with Crippen LogP contribution >= 0.6 is 0 Å². The normalized spacial score (nSPS) is 30.1. The Hall–Kier alpha value is -0.790. The number of sulfone groups is 1. The van der Waals surface area contributed by atoms with Gasteiger partial charge in [0.1, 0.15) is 0 Å². The zero-order chi connectivity index (χ0) is 11.9. The molecule has 1 saturated heterocycles. The van der Waals surface area contributed by atoms with E-state index in [1.807, 2.05) is 0 Å². The number of hydrogen-bond donors (Lipinski definition) is 1. The van der Waals surface area contributed by atoms with Gasteiger partial charge >= 0.3 is 12.1 Å². The van der Waals surface area contributed by atoms with E-state index < -0.39 is 33.2 Å². The molecule has 0 aromatic heterocycles. The van der Waals surface area contributed by atoms with Crippen molar-refractivity contribution in [2.45, 2.75) is 25.1 Å². The van der Waals surface area contributed by atoms with E-state index in [1.54, 1.807) is 5.32 Å². The van der Waals surface area contributed by atoms with E-state index in [0.717, 1.165) is 0 Å². The molecule has 8 heteroatoms. The van der Waals surface area contributed by atoms with Crippen LogP contribution in [-0.2, 0) is 14.6 Å². The van der Waals surface area contributed by atoms with Crippen molar-refractivity contribution in [3.05, 3.63) is 0 Å². The van der Waals surface area contributed by atoms with Crippen molar-refractivity contribution >= 4 is 15.7 Å². The molecule has 15 heavy (non-hydrogen) atoms. The predicted octanol–water partition coefficient (Wildman–Crippen LogP) is 0.242. The highest BCUT2D eigenvalue weighted by molar-refractivity contribution is 7.91. The maximum atomic E-state index is 11.9. The molecular formula is C7H10F3NO3S. The minimum Gasteiger partial charge on any atom is -0.342 e. The van der Waals surface area contributed by atoms with Crippen LogP contribution in [0.15, 0.2) is 0 Å². The quantitative estimate of drug-likeness (QED) is 0.720. The van der Waals surface area contributed by atoms with E-state index in [9.17, 15) is 26.4 Å². The van der Waals surface area contributed by atoms with Gasteiger partial charge in [-0.3, -0.25) is 4.79 Å². The highest BCUT2D eigenvalue weighted by Crippen LogP contribution is 2.25. The molecule has 0 bridgehead atoms. The van der Waals surface area contributed by atoms with E-state index in [-0.39, 0.29) is 12.2 Å². The smallest absolute Gasteiger partial charge is 0.342 e. The number of amides is 1. The minimum absolute atomic E-state index is 0.0111. The van der Waals surface area contributed by atoms with Gasteiger partial charge in [-0.05, 0) is 13.3 Å². The van der Waals surface area contributed by atoms with Gasteiger partial charge in [-0.15, -0.1) is 0 Å². The zero-order valence-corrected chi connectivity index (χ0v) is 8.70. The number of rotatable bonds is 1. The lowest BCUT2D eigenvalue weighted by Crippen LogP contribution is -2.51. The molecule has 1 N–H and O–H groups in total. The fourth-order valence-electron chi connectivity index (χ4n) is 1.45. The molecule has 1 rings (SSSR count). The molecule has 1 aliphatic heterocycles. The van der Waals surface area contributed by atoms with Crippen LogP contribution in [0, 0.1) is 0 Å². The molecule has 0 radical (unpaired) electrons. The van der Waals surface area contributed by atoms with Crippen LogP contribution in [0.1, 0.15) is 13.3 Å². The SMILES string of the molecule is CC1(NC(=O)C(F)(F)F)CCS(=O)(=O)C1. The fourth-order valence-corrected chi connectivity index (χ4v) is 3.55. The lowest BCUT2D eigenvalue weighted by molar-refractivity contribution is -0.175. The van der Waals surface area contributed by atoms with Crippen molar-refractivity contribution in [2.75, 3.05) is 11.5 Å². The summed E-state index contributed by atoms with van der Waals surface area (Å²) in [5.74, 6) is -2.73. The van der Waals surface area contributed by atoms with Gasteiger partial charge in [-0.1, -0.05) is 0 Å². The lowest BCUT2D eigenvalue weighted by Gasteiger charge is -2.24. The lowest BCUT2D eigenvalue weighted by atomic mass is 10.0. The maximum Gasteiger partial charge on any atom is 0.471 e. The summed E-state index contributed by atoms with van der Waals surface area (Å²) in [5.41, 5.74) is -1.30. The van der Waals surface area contributed by atoms with Crippen LogP contribution in [-0.4, -0.2) is 37.5 Å². The van der Waals surface area contributed by atoms with Gasteiger partial charge in [0.05, 0.1) is 17.0 Å². The molecule has 0 spiro atoms. The van der Waals surface area contributed by atoms with Crippen LogP contribution in [0.4, 0.5) is 13.2 Å². The zero-order valence-electron chi connectivity index (χ0n) is 7.89. The average Bonchev–Trinajstić information content (AvgIpc) is 2.23. The van der Waals surface area contributed by atoms with Crippen LogP contribution in [0.25, 0.3) is 0 Å². The second-order valence-electron chi connectivity index (χ2n) is 3.85. The first-order chi connectivity index (χ1) is 6.54. The topological polar surface area (TPSA) is 63.2 Å². The van der Waals surface area contributed by atoms with Gasteiger partial charge in [0, 0.05) is 0 Å². The second-order valence-corrected chi connectivity index (χ2v) is 6.04. The summed E-state index contributed by atoms with van der Waals surface area (Å²) in [6, 6.07) is 0. The largest absolute Gasteiger partial charge is 0.471 e. The Bertz CT molecular complexity index is 375. The first-order valence-corrected chi connectivity index (χ1v) is 5.96. The van der Waals surface area contributed by atoms with Gasteiger partial charge in [0.2, 0.25) is 0 Å². The van der Waals surface area contributed by atoms with Gasteiger partial charge < -0.3 is 5.32 Å². The third-order valence-electron chi connectivity index (χ3n) is 2.18. The van der Waals surface area contributed by atoms with Crippen LogP contribution < -0.4 is 5.32 Å². The highest BCUT2D eigenvalue weighted by Gasteiger charge is 2.46. The predicted molar refractivity (Wildman–Crippen MR) is 45.9 cm³/mol. The molecule has 88 valence electrons. The summed E-state index contributed by atoms with van der Waals surface area (Å²) in [6.07, 6.45) is -4.97. The number of alkyl halides is 3. The van der Waals surface area contributed by atoms with E-state index >= 15 is 0 Å². The van der Waals surface area contributed by atoms with Gasteiger partial charge in [-0.2, -0.15) is 13.2 Å². The van der Waals surface area contributed by atoms with Crippen molar-refractivity contribution in [3.63, 3.8) is 0 Å². The van der Waals surface area contributed by atoms with E-state index in [1.165, 1.54) is 6.92 Å². The summed E-state index contributed by atoms with van der Waals surface area (Å²) in [7, 11) is -3.33. The molecule has 1 atom stereocenters. The molecule has 1 unspecified atom stereocenters. The van der Waals surface area contributed by atoms with Crippen LogP contribution in [0.2, 0.25) is 0 Å². The van der Waals surface area contributed by atoms with Crippen molar-refractivity contribution in [1.82, 2.24) is 5.32 Å². The fraction of sp³-hybridized carbons (Fsp3) is 0.857. The molecule has 4 nitrogen and oxygen atoms in total. The molecule has 0 aromatic rings. The Kier molecular flexibility index (Phi) is 2.75. The molecule has 1 amide bonds. The minimum atomic E-state index is -4.98. The highest BCUT2D eigenvalue weighted by atomic mass is 32.2. The monoisotopic (exact) mass is 245 g/mol. The van der Waals surface area contributed by atoms with Gasteiger partial charge in [0.25, 0.3) is 0 Å². The molecular weight excluding hydrogens is 235 g/mol. The Morgan fingerprint density at radius 3 is 2.27 bits per heavy atom. The van der Waals surface area contributed by atoms with E-state index in [4.69, 9.17) is 0 Å². The van der Waals surface area contributed by atoms with Gasteiger partial charge in [0.15, 0.2) is 9.84 Å². The van der Waals surface area contributed by atoms with E-state index in [0.29, 0.717) is 0 Å². The number of carbonyl (C=O) groups is 1. The van der Waals surface area contributed by atoms with Crippen molar-refractivity contribution < 1.29 is 26.4 Å². The average molecular weight is 245 g/mol. The Morgan fingerprint density at radius 2 is 1.93 bits per heavy atom. The maximum absolute atomic E-state index is 11.9. The molecule has 1 aliphatic rings. The van der Waals surface area contributed by atoms with Crippen LogP contribution in [0.3, 0.4) is 0 Å². The number of hydrogen-bond acceptors (Lipinski definition) is 3. The first-order valence-electron chi connectivity index (χ1n) is 4.14. The summed E-state index contributed by atoms with van der Waals surface area (Å²) < 4.78 is 57.8. The Morgan fingerprint density at radius 1 is 1.40 bits per heavy atom. The summed E-state index contributed by atoms with van der Waals surface area (Å²) in [4.78, 5) is 10.6. The Balaban J connectivity index is 2.72. The third kappa shape index (κ3) is 3.08. The van der Waals surface area contributed by atoms with Crippen molar-refractivity contribution in [3.8, 4) is 0 Å². The first kappa shape index (κ1) is 12.3. The number of carbonyl (C=O) groups excluding carboxylic acids is 1. The van der Waals surface area contributed by atoms with E-state index in [2.05, 4.69) is 0 Å². The summed E-state index contributed by atoms with van der Waals surface area (Å²) >= 11 is 0. The number of halogens is 3. The Labute approximate surface area is 84.8 Å². The van der Waals surface area contributed by atoms with Crippen LogP contribution in [0.5, 0.6) is 0 Å². The third-order valence-corrected chi connectivity index (χ3v) is 4.08. The molecule has 0 saturated carbocycles. The van der Waals surface area contributed by atoms with Crippen molar-refractivity contribution in [2.24, 2.45) is 0 Å². The summed E-state index contributed by atoms with van der Waals surface area (Å²) in [5, 5.41) is 1.71. The summed E-state index contributed by atoms with van der Waals surface area (Å²) in [6.45, 7) is 1.29. The standard InChI is InChI=1S/C7H10F3NO3S/c1-6(2-3-15(13,14)4-6)11-5(12)7(8,9)10/h2-4H2,1H3,(H,11,12). The van der Waals surface area contributed by atoms with Gasteiger partial charge in [-0.25, -0.2) is 8.42 Å². The molecule has 1 heterocycles.